The molecule has 8 nitrogen and oxygen atoms in total. The summed E-state index contributed by atoms with van der Waals surface area (Å²) < 4.78 is 1.83. The minimum absolute atomic E-state index is 0. The van der Waals surface area contributed by atoms with Crippen molar-refractivity contribution < 1.29 is 9.59 Å². The molecule has 2 bridgehead atoms. The van der Waals surface area contributed by atoms with Gasteiger partial charge in [-0.05, 0) is 30.4 Å². The zero-order valence-electron chi connectivity index (χ0n) is 17.8. The zero-order valence-corrected chi connectivity index (χ0v) is 20.2. The minimum atomic E-state index is -0.138. The number of nitrogens with one attached hydrogen (secondary N) is 2. The van der Waals surface area contributed by atoms with Crippen LogP contribution >= 0.6 is 24.0 Å². The Labute approximate surface area is 204 Å². The third-order valence-corrected chi connectivity index (χ3v) is 6.53. The Hall–Kier alpha value is -2.69. The van der Waals surface area contributed by atoms with Crippen LogP contribution in [0.5, 0.6) is 0 Å². The van der Waals surface area contributed by atoms with Crippen LogP contribution in [0.25, 0.3) is 5.69 Å². The van der Waals surface area contributed by atoms with E-state index in [0.29, 0.717) is 25.6 Å². The number of amides is 2. The highest BCUT2D eigenvalue weighted by atomic mass is 127. The van der Waals surface area contributed by atoms with Crippen molar-refractivity contribution in [2.75, 3.05) is 20.1 Å². The molecular weight excluding hydrogens is 519 g/mol. The first kappa shape index (κ1) is 22.5. The van der Waals surface area contributed by atoms with Crippen molar-refractivity contribution in [1.29, 1.82) is 0 Å². The van der Waals surface area contributed by atoms with E-state index in [1.165, 1.54) is 4.90 Å². The fourth-order valence-electron chi connectivity index (χ4n) is 5.05. The standard InChI is InChI=1S/C23H26N6O2.HI/c1-24-23(26-12-15-13-27-29(14-15)18-5-3-2-4-6-18)25-9-10-28-21(30)19-16-7-8-17(11-16)20(19)22(28)31;/h2-8,13-14,16-17,19-20H,9-12H2,1H3,(H2,24,25,26);1H. The summed E-state index contributed by atoms with van der Waals surface area (Å²) in [6, 6.07) is 9.93. The first-order chi connectivity index (χ1) is 15.2. The second-order valence-electron chi connectivity index (χ2n) is 8.31. The van der Waals surface area contributed by atoms with E-state index in [2.05, 4.69) is 32.9 Å². The number of aromatic nitrogens is 2. The summed E-state index contributed by atoms with van der Waals surface area (Å²) in [5.74, 6) is 0.816. The van der Waals surface area contributed by atoms with Crippen molar-refractivity contribution in [3.63, 3.8) is 0 Å². The molecule has 2 heterocycles. The maximum absolute atomic E-state index is 12.8. The van der Waals surface area contributed by atoms with E-state index in [4.69, 9.17) is 0 Å². The van der Waals surface area contributed by atoms with Gasteiger partial charge in [0.15, 0.2) is 5.96 Å². The quantitative estimate of drug-likeness (QED) is 0.190. The summed E-state index contributed by atoms with van der Waals surface area (Å²) in [5.41, 5.74) is 2.03. The average molecular weight is 546 g/mol. The molecule has 9 heteroatoms. The molecule has 168 valence electrons. The number of aliphatic imine (C=N–C) groups is 1. The number of hydrogen-bond donors (Lipinski definition) is 2. The average Bonchev–Trinajstić information content (AvgIpc) is 3.57. The molecule has 2 N–H and O–H groups in total. The van der Waals surface area contributed by atoms with Gasteiger partial charge in [0, 0.05) is 38.4 Å². The molecule has 1 aliphatic heterocycles. The maximum Gasteiger partial charge on any atom is 0.233 e. The first-order valence-corrected chi connectivity index (χ1v) is 10.7. The predicted octanol–water partition coefficient (Wildman–Crippen LogP) is 1.96. The summed E-state index contributed by atoms with van der Waals surface area (Å²) in [7, 11) is 1.70. The third-order valence-electron chi connectivity index (χ3n) is 6.53. The number of imide groups is 1. The lowest BCUT2D eigenvalue weighted by atomic mass is 9.85. The SMILES string of the molecule is CN=C(NCCN1C(=O)C2C3C=CC(C3)C2C1=O)NCc1cnn(-c2ccccc2)c1.I. The van der Waals surface area contributed by atoms with Gasteiger partial charge in [-0.1, -0.05) is 30.4 Å². The molecule has 1 aromatic carbocycles. The molecule has 2 amide bonds. The monoisotopic (exact) mass is 546 g/mol. The minimum Gasteiger partial charge on any atom is -0.355 e. The smallest absolute Gasteiger partial charge is 0.233 e. The van der Waals surface area contributed by atoms with Gasteiger partial charge in [-0.15, -0.1) is 24.0 Å². The number of carbonyl (C=O) groups excluding carboxylic acids is 2. The number of nitrogens with zero attached hydrogens (tertiary/aromatic N) is 4. The summed E-state index contributed by atoms with van der Waals surface area (Å²) >= 11 is 0. The topological polar surface area (TPSA) is 91.6 Å². The number of para-hydroxylation sites is 1. The summed E-state index contributed by atoms with van der Waals surface area (Å²) in [6.07, 6.45) is 8.97. The Morgan fingerprint density at radius 3 is 2.44 bits per heavy atom. The van der Waals surface area contributed by atoms with Crippen LogP contribution in [0.2, 0.25) is 0 Å². The Kier molecular flexibility index (Phi) is 6.63. The van der Waals surface area contributed by atoms with Crippen LogP contribution in [0, 0.1) is 23.7 Å². The highest BCUT2D eigenvalue weighted by molar-refractivity contribution is 14.0. The van der Waals surface area contributed by atoms with Gasteiger partial charge in [0.05, 0.1) is 23.7 Å². The van der Waals surface area contributed by atoms with Gasteiger partial charge in [-0.3, -0.25) is 19.5 Å². The molecule has 2 aliphatic carbocycles. The second kappa shape index (κ2) is 9.43. The molecule has 1 saturated carbocycles. The normalized spacial score (nSPS) is 25.8. The van der Waals surface area contributed by atoms with Gasteiger partial charge in [-0.2, -0.15) is 5.10 Å². The largest absolute Gasteiger partial charge is 0.355 e. The van der Waals surface area contributed by atoms with Crippen molar-refractivity contribution in [2.45, 2.75) is 13.0 Å². The molecule has 4 atom stereocenters. The van der Waals surface area contributed by atoms with Crippen LogP contribution in [0.4, 0.5) is 0 Å². The van der Waals surface area contributed by atoms with Gasteiger partial charge < -0.3 is 10.6 Å². The summed E-state index contributed by atoms with van der Waals surface area (Å²) in [5, 5.41) is 10.8. The van der Waals surface area contributed by atoms with Crippen LogP contribution in [-0.4, -0.2) is 52.6 Å². The van der Waals surface area contributed by atoms with Crippen molar-refractivity contribution in [3.05, 3.63) is 60.4 Å². The van der Waals surface area contributed by atoms with E-state index >= 15 is 0 Å². The molecule has 3 aliphatic rings. The molecule has 2 fully saturated rings. The van der Waals surface area contributed by atoms with E-state index in [-0.39, 0.29) is 59.5 Å². The Morgan fingerprint density at radius 1 is 1.09 bits per heavy atom. The summed E-state index contributed by atoms with van der Waals surface area (Å²) in [6.45, 7) is 1.38. The van der Waals surface area contributed by atoms with Crippen LogP contribution in [0.1, 0.15) is 12.0 Å². The van der Waals surface area contributed by atoms with Gasteiger partial charge in [-0.25, -0.2) is 4.68 Å². The number of allylic oxidation sites excluding steroid dienone is 2. The Bertz CT molecular complexity index is 1020. The Morgan fingerprint density at radius 2 is 1.78 bits per heavy atom. The van der Waals surface area contributed by atoms with E-state index in [1.807, 2.05) is 47.4 Å². The number of benzene rings is 1. The number of halogens is 1. The highest BCUT2D eigenvalue weighted by Gasteiger charge is 2.58. The fraction of sp³-hybridized carbons (Fsp3) is 0.391. The number of rotatable bonds is 6. The van der Waals surface area contributed by atoms with Gasteiger partial charge in [0.1, 0.15) is 0 Å². The molecular formula is C23H27IN6O2. The van der Waals surface area contributed by atoms with Crippen molar-refractivity contribution in [1.82, 2.24) is 25.3 Å². The van der Waals surface area contributed by atoms with E-state index in [0.717, 1.165) is 17.7 Å². The number of carbonyl (C=O) groups is 2. The van der Waals surface area contributed by atoms with E-state index < -0.39 is 0 Å². The van der Waals surface area contributed by atoms with Gasteiger partial charge in [0.25, 0.3) is 0 Å². The molecule has 2 aromatic rings. The number of fused-ring (bicyclic) bond motifs is 5. The van der Waals surface area contributed by atoms with Gasteiger partial charge in [0.2, 0.25) is 11.8 Å². The second-order valence-corrected chi connectivity index (χ2v) is 8.31. The van der Waals surface area contributed by atoms with Gasteiger partial charge >= 0.3 is 0 Å². The van der Waals surface area contributed by atoms with Crippen molar-refractivity contribution in [2.24, 2.45) is 28.7 Å². The molecule has 5 rings (SSSR count). The fourth-order valence-corrected chi connectivity index (χ4v) is 5.05. The van der Waals surface area contributed by atoms with Crippen molar-refractivity contribution >= 4 is 41.8 Å². The van der Waals surface area contributed by atoms with Crippen LogP contribution in [0.3, 0.4) is 0 Å². The summed E-state index contributed by atoms with van der Waals surface area (Å²) in [4.78, 5) is 31.2. The molecule has 4 unspecified atom stereocenters. The first-order valence-electron chi connectivity index (χ1n) is 10.7. The van der Waals surface area contributed by atoms with Crippen LogP contribution < -0.4 is 10.6 Å². The van der Waals surface area contributed by atoms with E-state index in [9.17, 15) is 9.59 Å². The van der Waals surface area contributed by atoms with Crippen LogP contribution in [-0.2, 0) is 16.1 Å². The molecule has 0 spiro atoms. The van der Waals surface area contributed by atoms with E-state index in [1.54, 1.807) is 7.05 Å². The number of hydrogen-bond acceptors (Lipinski definition) is 4. The lowest BCUT2D eigenvalue weighted by Crippen LogP contribution is -2.43. The molecule has 1 saturated heterocycles. The maximum atomic E-state index is 12.8. The highest BCUT2D eigenvalue weighted by Crippen LogP contribution is 2.52. The lowest BCUT2D eigenvalue weighted by Gasteiger charge is -2.18. The van der Waals surface area contributed by atoms with Crippen LogP contribution in [0.15, 0.2) is 59.9 Å². The molecule has 0 radical (unpaired) electrons. The molecule has 32 heavy (non-hydrogen) atoms. The number of likely N-dealkylation sites (tertiary alicyclic amines) is 1. The zero-order chi connectivity index (χ0) is 21.4. The predicted molar refractivity (Wildman–Crippen MR) is 132 cm³/mol. The molecule has 1 aromatic heterocycles. The Balaban J connectivity index is 0.00000245. The number of guanidine groups is 1. The third kappa shape index (κ3) is 4.05. The lowest BCUT2D eigenvalue weighted by molar-refractivity contribution is -0.140. The van der Waals surface area contributed by atoms with Crippen molar-refractivity contribution in [3.8, 4) is 5.69 Å².